The highest BCUT2D eigenvalue weighted by Gasteiger charge is 2.12. The summed E-state index contributed by atoms with van der Waals surface area (Å²) in [6.07, 6.45) is 3.43. The lowest BCUT2D eigenvalue weighted by Crippen LogP contribution is -2.27. The summed E-state index contributed by atoms with van der Waals surface area (Å²) in [6.45, 7) is 7.31. The Morgan fingerprint density at radius 2 is 2.17 bits per heavy atom. The number of thiophene rings is 1. The Kier molecular flexibility index (Phi) is 2.86. The molecule has 0 unspecified atom stereocenters. The summed E-state index contributed by atoms with van der Waals surface area (Å²) < 4.78 is 1.33. The Hall–Kier alpha value is -0.835. The molecule has 0 aliphatic heterocycles. The summed E-state index contributed by atoms with van der Waals surface area (Å²) in [7, 11) is -1.40. The summed E-state index contributed by atoms with van der Waals surface area (Å²) in [5, 5.41) is 18.5. The minimum absolute atomic E-state index is 0.508. The van der Waals surface area contributed by atoms with E-state index >= 15 is 0 Å². The molecule has 1 aromatic heterocycles. The van der Waals surface area contributed by atoms with E-state index in [1.54, 1.807) is 18.2 Å². The number of allylic oxidation sites excluding steroid dienone is 1. The lowest BCUT2D eigenvalue weighted by molar-refractivity contribution is 0.427. The minimum Gasteiger partial charge on any atom is -0.423 e. The first-order chi connectivity index (χ1) is 5.65. The van der Waals surface area contributed by atoms with Gasteiger partial charge in [0.05, 0.1) is 0 Å². The minimum atomic E-state index is -1.40. The van der Waals surface area contributed by atoms with Crippen molar-refractivity contribution in [1.82, 2.24) is 0 Å². The Bertz CT molecular complexity index is 380. The van der Waals surface area contributed by atoms with E-state index in [0.29, 0.717) is 4.78 Å². The maximum absolute atomic E-state index is 8.83. The predicted octanol–water partition coefficient (Wildman–Crippen LogP) is -1.20. The predicted molar refractivity (Wildman–Crippen MR) is 53.6 cm³/mol. The largest absolute Gasteiger partial charge is 0.499 e. The Balaban J connectivity index is 3.27. The van der Waals surface area contributed by atoms with E-state index in [1.165, 1.54) is 11.3 Å². The molecule has 1 heterocycles. The summed E-state index contributed by atoms with van der Waals surface area (Å²) in [4.78, 5) is 0. The van der Waals surface area contributed by atoms with Crippen LogP contribution in [0, 0.1) is 0 Å². The van der Waals surface area contributed by atoms with Crippen molar-refractivity contribution in [2.75, 3.05) is 0 Å². The highest BCUT2D eigenvalue weighted by Crippen LogP contribution is 1.81. The molecule has 1 rings (SSSR count). The van der Waals surface area contributed by atoms with Crippen molar-refractivity contribution in [3.8, 4) is 0 Å². The van der Waals surface area contributed by atoms with Gasteiger partial charge >= 0.3 is 7.12 Å². The lowest BCUT2D eigenvalue weighted by Gasteiger charge is -1.87. The number of rotatable bonds is 2. The van der Waals surface area contributed by atoms with Crippen LogP contribution in [0.25, 0.3) is 12.7 Å². The van der Waals surface area contributed by atoms with Crippen LogP contribution in [0.15, 0.2) is 18.7 Å². The van der Waals surface area contributed by atoms with Gasteiger partial charge in [-0.25, -0.2) is 0 Å². The summed E-state index contributed by atoms with van der Waals surface area (Å²) in [5.74, 6) is 0. The van der Waals surface area contributed by atoms with Crippen LogP contribution in [0.1, 0.15) is 0 Å². The van der Waals surface area contributed by atoms with Gasteiger partial charge < -0.3 is 10.0 Å². The third-order valence-electron chi connectivity index (χ3n) is 1.41. The van der Waals surface area contributed by atoms with Crippen LogP contribution < -0.4 is 14.5 Å². The van der Waals surface area contributed by atoms with Gasteiger partial charge in [0.15, 0.2) is 0 Å². The molecule has 0 saturated heterocycles. The van der Waals surface area contributed by atoms with Gasteiger partial charge in [-0.2, -0.15) is 0 Å². The van der Waals surface area contributed by atoms with Gasteiger partial charge in [-0.3, -0.25) is 0 Å². The van der Waals surface area contributed by atoms with Crippen LogP contribution in [0.5, 0.6) is 0 Å². The number of hydrogen-bond acceptors (Lipinski definition) is 3. The van der Waals surface area contributed by atoms with Gasteiger partial charge in [0.2, 0.25) is 0 Å². The first-order valence-corrected chi connectivity index (χ1v) is 4.24. The second-order valence-corrected chi connectivity index (χ2v) is 3.47. The van der Waals surface area contributed by atoms with E-state index < -0.39 is 7.12 Å². The van der Waals surface area contributed by atoms with E-state index in [4.69, 9.17) is 10.0 Å². The lowest BCUT2D eigenvalue weighted by atomic mass is 9.89. The van der Waals surface area contributed by atoms with Crippen molar-refractivity contribution in [3.63, 3.8) is 0 Å². The molecule has 4 heteroatoms. The third-order valence-corrected chi connectivity index (χ3v) is 2.46. The van der Waals surface area contributed by atoms with Crippen molar-refractivity contribution in [2.45, 2.75) is 0 Å². The Morgan fingerprint density at radius 3 is 2.58 bits per heavy atom. The molecule has 0 amide bonds. The summed E-state index contributed by atoms with van der Waals surface area (Å²) >= 11 is 1.27. The monoisotopic (exact) mass is 180 g/mol. The molecule has 0 aliphatic carbocycles. The summed E-state index contributed by atoms with van der Waals surface area (Å²) in [6, 6.07) is 1.69. The zero-order chi connectivity index (χ0) is 9.14. The Labute approximate surface area is 74.9 Å². The molecule has 0 spiro atoms. The maximum Gasteiger partial charge on any atom is 0.499 e. The molecule has 2 N–H and O–H groups in total. The molecule has 0 aliphatic rings. The normalized spacial score (nSPS) is 11.7. The van der Waals surface area contributed by atoms with Crippen molar-refractivity contribution in [2.24, 2.45) is 0 Å². The first-order valence-electron chi connectivity index (χ1n) is 3.42. The SMILES string of the molecule is C=C/C=c1/cc(B(O)O)sc1=C. The van der Waals surface area contributed by atoms with Crippen LogP contribution in [0.3, 0.4) is 0 Å². The fourth-order valence-electron chi connectivity index (χ4n) is 0.860. The van der Waals surface area contributed by atoms with Gasteiger partial charge in [-0.05, 0) is 11.3 Å². The molecule has 0 bridgehead atoms. The van der Waals surface area contributed by atoms with Gasteiger partial charge in [0, 0.05) is 9.31 Å². The molecular weight excluding hydrogens is 171 g/mol. The Morgan fingerprint density at radius 1 is 1.50 bits per heavy atom. The van der Waals surface area contributed by atoms with Crippen molar-refractivity contribution in [3.05, 3.63) is 28.5 Å². The van der Waals surface area contributed by atoms with Gasteiger partial charge in [-0.1, -0.05) is 25.3 Å². The van der Waals surface area contributed by atoms with Gasteiger partial charge in [0.25, 0.3) is 0 Å². The smallest absolute Gasteiger partial charge is 0.423 e. The van der Waals surface area contributed by atoms with Crippen molar-refractivity contribution < 1.29 is 10.0 Å². The van der Waals surface area contributed by atoms with Gasteiger partial charge in [0.1, 0.15) is 0 Å². The highest BCUT2D eigenvalue weighted by atomic mass is 32.1. The fraction of sp³-hybridized carbons (Fsp3) is 0. The molecule has 0 saturated carbocycles. The van der Waals surface area contributed by atoms with Gasteiger partial charge in [-0.15, -0.1) is 11.3 Å². The average molecular weight is 180 g/mol. The van der Waals surface area contributed by atoms with E-state index in [2.05, 4.69) is 13.2 Å². The van der Waals surface area contributed by atoms with Crippen molar-refractivity contribution >= 4 is 35.9 Å². The van der Waals surface area contributed by atoms with E-state index in [-0.39, 0.29) is 0 Å². The molecule has 12 heavy (non-hydrogen) atoms. The summed E-state index contributed by atoms with van der Waals surface area (Å²) in [5.41, 5.74) is 0. The molecule has 0 aromatic carbocycles. The van der Waals surface area contributed by atoms with E-state index in [9.17, 15) is 0 Å². The second-order valence-electron chi connectivity index (χ2n) is 2.30. The standard InChI is InChI=1S/C8H9BO2S/c1-3-4-7-5-8(9(10)11)12-6(7)2/h3-5,10-11H,1-2H2/b7-4-. The highest BCUT2D eigenvalue weighted by molar-refractivity contribution is 7.20. The molecule has 0 fully saturated rings. The number of hydrogen-bond donors (Lipinski definition) is 2. The molecule has 2 nitrogen and oxygen atoms in total. The maximum atomic E-state index is 8.83. The average Bonchev–Trinajstić information content (AvgIpc) is 2.34. The van der Waals surface area contributed by atoms with Crippen LogP contribution in [-0.4, -0.2) is 17.2 Å². The van der Waals surface area contributed by atoms with Crippen LogP contribution in [0.2, 0.25) is 0 Å². The molecule has 0 atom stereocenters. The molecule has 1 aromatic rings. The molecule has 62 valence electrons. The zero-order valence-electron chi connectivity index (χ0n) is 6.53. The second kappa shape index (κ2) is 3.71. The van der Waals surface area contributed by atoms with Crippen LogP contribution >= 0.6 is 11.3 Å². The van der Waals surface area contributed by atoms with E-state index in [0.717, 1.165) is 9.75 Å². The van der Waals surface area contributed by atoms with E-state index in [1.807, 2.05) is 0 Å². The zero-order valence-corrected chi connectivity index (χ0v) is 7.34. The third kappa shape index (κ3) is 1.85. The quantitative estimate of drug-likeness (QED) is 0.561. The van der Waals surface area contributed by atoms with Crippen molar-refractivity contribution in [1.29, 1.82) is 0 Å². The molecular formula is C8H9BO2S. The fourth-order valence-corrected chi connectivity index (χ4v) is 1.68. The van der Waals surface area contributed by atoms with Crippen LogP contribution in [-0.2, 0) is 0 Å². The first kappa shape index (κ1) is 9.25. The van der Waals surface area contributed by atoms with Crippen LogP contribution in [0.4, 0.5) is 0 Å². The topological polar surface area (TPSA) is 40.5 Å². The molecule has 0 radical (unpaired) electrons.